The molecule has 2 amide bonds. The average Bonchev–Trinajstić information content (AvgIpc) is 3.21. The number of furan rings is 1. The molecular weight excluding hydrogens is 392 g/mol. The van der Waals surface area contributed by atoms with Gasteiger partial charge in [0, 0.05) is 0 Å². The smallest absolute Gasteiger partial charge is 0.433 e. The number of rotatable bonds is 8. The van der Waals surface area contributed by atoms with Crippen LogP contribution in [-0.2, 0) is 9.59 Å². The number of hydrazone groups is 1. The lowest BCUT2D eigenvalue weighted by molar-refractivity contribution is -0.402. The van der Waals surface area contributed by atoms with Crippen molar-refractivity contribution in [2.24, 2.45) is 5.10 Å². The zero-order valence-corrected chi connectivity index (χ0v) is 15.9. The number of carbonyl (C=O) groups excluding carboxylic acids is 2. The van der Waals surface area contributed by atoms with Crippen LogP contribution in [0.15, 0.2) is 64.1 Å². The van der Waals surface area contributed by atoms with Crippen LogP contribution in [-0.4, -0.2) is 35.6 Å². The van der Waals surface area contributed by atoms with Crippen molar-refractivity contribution in [3.63, 3.8) is 0 Å². The second-order valence-electron chi connectivity index (χ2n) is 6.25. The van der Waals surface area contributed by atoms with Gasteiger partial charge in [0.1, 0.15) is 16.7 Å². The standard InChI is InChI=1S/C20H18N4O6/c1-13(20(26)23-21-11-17-8-9-19(30-17)24(27)28)22-18(25)12-29-16-7-6-14-4-2-3-5-15(14)10-16/h2-11,13H,12H2,1H3,(H,22,25)(H,23,26)/t13-/m0/s1. The third-order valence-electron chi connectivity index (χ3n) is 4.02. The lowest BCUT2D eigenvalue weighted by Crippen LogP contribution is -2.45. The molecule has 3 rings (SSSR count). The Bertz CT molecular complexity index is 1110. The summed E-state index contributed by atoms with van der Waals surface area (Å²) in [7, 11) is 0. The van der Waals surface area contributed by atoms with E-state index in [0.717, 1.165) is 17.0 Å². The SMILES string of the molecule is C[C@H](NC(=O)COc1ccc2ccccc2c1)C(=O)NN=Cc1ccc([N+](=O)[O-])o1. The number of hydrogen-bond donors (Lipinski definition) is 2. The van der Waals surface area contributed by atoms with Crippen LogP contribution in [0.5, 0.6) is 5.75 Å². The lowest BCUT2D eigenvalue weighted by atomic mass is 10.1. The molecule has 10 heteroatoms. The molecule has 2 N–H and O–H groups in total. The predicted molar refractivity (Wildman–Crippen MR) is 108 cm³/mol. The first-order chi connectivity index (χ1) is 14.4. The molecule has 0 aliphatic rings. The van der Waals surface area contributed by atoms with Crippen LogP contribution in [0.3, 0.4) is 0 Å². The molecule has 0 saturated carbocycles. The first-order valence-electron chi connectivity index (χ1n) is 8.90. The Morgan fingerprint density at radius 2 is 1.97 bits per heavy atom. The van der Waals surface area contributed by atoms with Crippen molar-refractivity contribution in [1.82, 2.24) is 10.7 Å². The molecule has 1 atom stereocenters. The van der Waals surface area contributed by atoms with E-state index in [1.165, 1.54) is 19.1 Å². The summed E-state index contributed by atoms with van der Waals surface area (Å²) in [6, 6.07) is 14.9. The molecule has 30 heavy (non-hydrogen) atoms. The van der Waals surface area contributed by atoms with Gasteiger partial charge in [-0.15, -0.1) is 0 Å². The molecule has 0 unspecified atom stereocenters. The summed E-state index contributed by atoms with van der Waals surface area (Å²) in [5, 5.41) is 18.7. The zero-order valence-electron chi connectivity index (χ0n) is 15.9. The largest absolute Gasteiger partial charge is 0.484 e. The first-order valence-corrected chi connectivity index (χ1v) is 8.90. The highest BCUT2D eigenvalue weighted by Gasteiger charge is 2.16. The first kappa shape index (κ1) is 20.5. The second-order valence-corrected chi connectivity index (χ2v) is 6.25. The van der Waals surface area contributed by atoms with Crippen molar-refractivity contribution >= 4 is 34.7 Å². The van der Waals surface area contributed by atoms with Crippen LogP contribution in [0.2, 0.25) is 0 Å². The maximum absolute atomic E-state index is 12.0. The quantitative estimate of drug-likeness (QED) is 0.332. The molecule has 3 aromatic rings. The van der Waals surface area contributed by atoms with Gasteiger partial charge in [-0.3, -0.25) is 19.7 Å². The molecule has 0 aliphatic carbocycles. The normalized spacial score (nSPS) is 11.9. The highest BCUT2D eigenvalue weighted by molar-refractivity contribution is 5.88. The van der Waals surface area contributed by atoms with Gasteiger partial charge in [-0.2, -0.15) is 5.10 Å². The van der Waals surface area contributed by atoms with Gasteiger partial charge >= 0.3 is 5.88 Å². The van der Waals surface area contributed by atoms with E-state index in [1.54, 1.807) is 6.07 Å². The van der Waals surface area contributed by atoms with E-state index in [4.69, 9.17) is 9.15 Å². The highest BCUT2D eigenvalue weighted by Crippen LogP contribution is 2.20. The van der Waals surface area contributed by atoms with Gasteiger partial charge in [-0.1, -0.05) is 30.3 Å². The Hall–Kier alpha value is -4.21. The van der Waals surface area contributed by atoms with Crippen LogP contribution in [0.1, 0.15) is 12.7 Å². The minimum Gasteiger partial charge on any atom is -0.484 e. The van der Waals surface area contributed by atoms with Crippen molar-refractivity contribution < 1.29 is 23.7 Å². The maximum Gasteiger partial charge on any atom is 0.433 e. The van der Waals surface area contributed by atoms with Crippen LogP contribution in [0, 0.1) is 10.1 Å². The third kappa shape index (κ3) is 5.41. The molecule has 1 heterocycles. The van der Waals surface area contributed by atoms with Gasteiger partial charge in [0.05, 0.1) is 12.3 Å². The van der Waals surface area contributed by atoms with Gasteiger partial charge < -0.3 is 14.5 Å². The molecule has 10 nitrogen and oxygen atoms in total. The number of nitro groups is 1. The number of carbonyl (C=O) groups is 2. The minimum absolute atomic E-state index is 0.0995. The summed E-state index contributed by atoms with van der Waals surface area (Å²) >= 11 is 0. The monoisotopic (exact) mass is 410 g/mol. The summed E-state index contributed by atoms with van der Waals surface area (Å²) in [6.07, 6.45) is 1.11. The predicted octanol–water partition coefficient (Wildman–Crippen LogP) is 2.37. The molecule has 0 spiro atoms. The molecule has 0 fully saturated rings. The molecule has 1 aromatic heterocycles. The van der Waals surface area contributed by atoms with E-state index in [2.05, 4.69) is 15.8 Å². The van der Waals surface area contributed by atoms with Gasteiger partial charge in [0.25, 0.3) is 11.8 Å². The Morgan fingerprint density at radius 1 is 1.20 bits per heavy atom. The van der Waals surface area contributed by atoms with Crippen molar-refractivity contribution in [2.45, 2.75) is 13.0 Å². The number of ether oxygens (including phenoxy) is 1. The van der Waals surface area contributed by atoms with E-state index >= 15 is 0 Å². The summed E-state index contributed by atoms with van der Waals surface area (Å²) in [5.74, 6) is -0.849. The van der Waals surface area contributed by atoms with Crippen LogP contribution in [0.4, 0.5) is 5.88 Å². The highest BCUT2D eigenvalue weighted by atomic mass is 16.6. The second kappa shape index (κ2) is 9.32. The fraction of sp³-hybridized carbons (Fsp3) is 0.150. The van der Waals surface area contributed by atoms with Gasteiger partial charge in [-0.05, 0) is 35.9 Å². The van der Waals surface area contributed by atoms with Crippen molar-refractivity contribution in [3.05, 3.63) is 70.5 Å². The van der Waals surface area contributed by atoms with E-state index in [-0.39, 0.29) is 12.4 Å². The third-order valence-corrected chi connectivity index (χ3v) is 4.02. The Morgan fingerprint density at radius 3 is 2.70 bits per heavy atom. The van der Waals surface area contributed by atoms with Crippen LogP contribution in [0.25, 0.3) is 10.8 Å². The van der Waals surface area contributed by atoms with Crippen LogP contribution < -0.4 is 15.5 Å². The molecule has 154 valence electrons. The van der Waals surface area contributed by atoms with Crippen LogP contribution >= 0.6 is 0 Å². The number of hydrogen-bond acceptors (Lipinski definition) is 7. The van der Waals surface area contributed by atoms with E-state index in [1.807, 2.05) is 36.4 Å². The Balaban J connectivity index is 1.44. The van der Waals surface area contributed by atoms with Gasteiger partial charge in [0.15, 0.2) is 12.4 Å². The zero-order chi connectivity index (χ0) is 21.5. The summed E-state index contributed by atoms with van der Waals surface area (Å²) in [6.45, 7) is 1.23. The van der Waals surface area contributed by atoms with Gasteiger partial charge in [-0.25, -0.2) is 5.43 Å². The lowest BCUT2D eigenvalue weighted by Gasteiger charge is -2.13. The number of benzene rings is 2. The maximum atomic E-state index is 12.0. The molecule has 2 aromatic carbocycles. The molecule has 0 radical (unpaired) electrons. The molecule has 0 saturated heterocycles. The topological polar surface area (TPSA) is 136 Å². The Kier molecular flexibility index (Phi) is 6.38. The van der Waals surface area contributed by atoms with Gasteiger partial charge in [0.2, 0.25) is 0 Å². The number of amides is 2. The summed E-state index contributed by atoms with van der Waals surface area (Å²) in [4.78, 5) is 33.9. The summed E-state index contributed by atoms with van der Waals surface area (Å²) in [5.41, 5.74) is 2.21. The fourth-order valence-electron chi connectivity index (χ4n) is 2.52. The Labute approximate surface area is 170 Å². The molecule has 0 bridgehead atoms. The number of nitrogens with one attached hydrogen (secondary N) is 2. The van der Waals surface area contributed by atoms with E-state index < -0.39 is 28.7 Å². The summed E-state index contributed by atoms with van der Waals surface area (Å²) < 4.78 is 10.3. The molecule has 0 aliphatic heterocycles. The number of fused-ring (bicyclic) bond motifs is 1. The minimum atomic E-state index is -0.874. The molecular formula is C20H18N4O6. The fourth-order valence-corrected chi connectivity index (χ4v) is 2.52. The number of nitrogens with zero attached hydrogens (tertiary/aromatic N) is 2. The van der Waals surface area contributed by atoms with E-state index in [9.17, 15) is 19.7 Å². The average molecular weight is 410 g/mol. The van der Waals surface area contributed by atoms with E-state index in [0.29, 0.717) is 5.75 Å². The van der Waals surface area contributed by atoms with Crippen molar-refractivity contribution in [1.29, 1.82) is 0 Å². The van der Waals surface area contributed by atoms with Crippen molar-refractivity contribution in [2.75, 3.05) is 6.61 Å². The van der Waals surface area contributed by atoms with Crippen molar-refractivity contribution in [3.8, 4) is 5.75 Å².